The predicted octanol–water partition coefficient (Wildman–Crippen LogP) is -2.29. The molecule has 7 N–H and O–H groups in total. The van der Waals surface area contributed by atoms with Gasteiger partial charge in [0.05, 0.1) is 25.1 Å². The Kier molecular flexibility index (Phi) is 6.65. The molecular formula is C15H21N6O8P. The van der Waals surface area contributed by atoms with Gasteiger partial charge in [-0.05, 0) is 0 Å². The Balaban J connectivity index is 1.53. The first-order valence-corrected chi connectivity index (χ1v) is 10.4. The van der Waals surface area contributed by atoms with E-state index in [1.807, 2.05) is 5.09 Å². The highest BCUT2D eigenvalue weighted by Gasteiger charge is 2.37. The van der Waals surface area contributed by atoms with Crippen molar-refractivity contribution in [2.24, 2.45) is 5.73 Å². The smallest absolute Gasteiger partial charge is 0.390 e. The Bertz CT molecular complexity index is 1040. The molecule has 1 aliphatic rings. The second kappa shape index (κ2) is 9.04. The van der Waals surface area contributed by atoms with Crippen LogP contribution in [-0.2, 0) is 25.0 Å². The number of nitrogens with two attached hydrogens (primary N) is 1. The van der Waals surface area contributed by atoms with E-state index in [4.69, 9.17) is 15.0 Å². The topological polar surface area (TPSA) is 215 Å². The number of hydrogen-bond donors (Lipinski definition) is 6. The maximum atomic E-state index is 12.1. The molecule has 0 spiro atoms. The molecule has 0 saturated carbocycles. The maximum absolute atomic E-state index is 12.1. The molecule has 3 rings (SSSR count). The summed E-state index contributed by atoms with van der Waals surface area (Å²) in [6, 6.07) is -0.00962. The molecule has 5 atom stereocenters. The van der Waals surface area contributed by atoms with E-state index >= 15 is 0 Å². The first-order valence-electron chi connectivity index (χ1n) is 8.82. The second-order valence-corrected chi connectivity index (χ2v) is 8.15. The number of aliphatic hydroxyl groups is 1. The number of aliphatic hydroxyl groups excluding tert-OH is 1. The fourth-order valence-corrected chi connectivity index (χ4v) is 3.70. The number of H-pyrrole nitrogens is 2. The number of rotatable bonds is 8. The van der Waals surface area contributed by atoms with Gasteiger partial charge in [0.1, 0.15) is 12.3 Å². The molecule has 1 unspecified atom stereocenters. The van der Waals surface area contributed by atoms with Crippen molar-refractivity contribution in [1.82, 2.24) is 24.6 Å². The zero-order valence-electron chi connectivity index (χ0n) is 15.5. The molecule has 1 fully saturated rings. The fourth-order valence-electron chi connectivity index (χ4n) is 2.84. The van der Waals surface area contributed by atoms with E-state index in [0.29, 0.717) is 5.69 Å². The van der Waals surface area contributed by atoms with E-state index in [1.165, 1.54) is 18.7 Å². The van der Waals surface area contributed by atoms with Gasteiger partial charge in [0.25, 0.3) is 5.56 Å². The number of carbonyl (C=O) groups is 1. The quantitative estimate of drug-likeness (QED) is 0.240. The van der Waals surface area contributed by atoms with Gasteiger partial charge >= 0.3 is 13.4 Å². The van der Waals surface area contributed by atoms with E-state index in [2.05, 4.69) is 15.0 Å². The van der Waals surface area contributed by atoms with E-state index in [9.17, 15) is 28.9 Å². The number of hydrogen-bond acceptors (Lipinski definition) is 9. The third-order valence-corrected chi connectivity index (χ3v) is 5.36. The standard InChI is InChI=1S/C15H21N6O8P/c16-9(3-8-5-17-7-18-8)14(24)20-30(26,27)28-6-11-10(22)4-13(29-11)21-2-1-12(23)19-15(21)25/h1-2,5,7,9-11,13,22H,3-4,6,16H2,(H,17,18)(H,19,23,25)(H2,20,24,26,27)/t9-,10-,11+,13+/m0/s1. The summed E-state index contributed by atoms with van der Waals surface area (Å²) in [7, 11) is -4.59. The van der Waals surface area contributed by atoms with Crippen molar-refractivity contribution in [3.8, 4) is 0 Å². The Morgan fingerprint density at radius 2 is 2.30 bits per heavy atom. The van der Waals surface area contributed by atoms with Gasteiger partial charge in [-0.25, -0.2) is 14.3 Å². The van der Waals surface area contributed by atoms with Crippen molar-refractivity contribution in [1.29, 1.82) is 0 Å². The minimum atomic E-state index is -4.59. The van der Waals surface area contributed by atoms with Crippen LogP contribution in [0.4, 0.5) is 0 Å². The number of carbonyl (C=O) groups excluding carboxylic acids is 1. The van der Waals surface area contributed by atoms with E-state index in [1.54, 1.807) is 0 Å². The van der Waals surface area contributed by atoms with E-state index in [-0.39, 0.29) is 12.8 Å². The number of ether oxygens (including phenoxy) is 1. The number of aromatic amines is 2. The SMILES string of the molecule is N[C@@H](Cc1cnc[nH]1)C(=O)NP(=O)(O)OC[C@H]1O[C@@H](n2ccc(=O)[nH]c2=O)C[C@@H]1O. The summed E-state index contributed by atoms with van der Waals surface area (Å²) in [6.07, 6.45) is 1.04. The van der Waals surface area contributed by atoms with Crippen molar-refractivity contribution in [2.75, 3.05) is 6.61 Å². The van der Waals surface area contributed by atoms with Crippen LogP contribution in [0.3, 0.4) is 0 Å². The average Bonchev–Trinajstić information content (AvgIpc) is 3.29. The summed E-state index contributed by atoms with van der Waals surface area (Å²) < 4.78 is 23.5. The first kappa shape index (κ1) is 22.1. The molecule has 2 aromatic heterocycles. The zero-order chi connectivity index (χ0) is 21.9. The van der Waals surface area contributed by atoms with Gasteiger partial charge in [-0.2, -0.15) is 0 Å². The van der Waals surface area contributed by atoms with Crippen molar-refractivity contribution in [3.05, 3.63) is 51.3 Å². The van der Waals surface area contributed by atoms with Gasteiger partial charge in [0.15, 0.2) is 0 Å². The second-order valence-electron chi connectivity index (χ2n) is 6.63. The summed E-state index contributed by atoms with van der Waals surface area (Å²) in [6.45, 7) is -0.542. The highest BCUT2D eigenvalue weighted by atomic mass is 31.2. The summed E-state index contributed by atoms with van der Waals surface area (Å²) >= 11 is 0. The van der Waals surface area contributed by atoms with Gasteiger partial charge < -0.3 is 25.5 Å². The molecule has 30 heavy (non-hydrogen) atoms. The highest BCUT2D eigenvalue weighted by Crippen LogP contribution is 2.38. The van der Waals surface area contributed by atoms with Crippen molar-refractivity contribution < 1.29 is 28.6 Å². The normalized spacial score (nSPS) is 24.3. The lowest BCUT2D eigenvalue weighted by atomic mass is 10.2. The van der Waals surface area contributed by atoms with Crippen LogP contribution in [-0.4, -0.2) is 60.3 Å². The van der Waals surface area contributed by atoms with Crippen LogP contribution in [0.1, 0.15) is 18.3 Å². The molecule has 1 saturated heterocycles. The molecule has 3 heterocycles. The third kappa shape index (κ3) is 5.50. The van der Waals surface area contributed by atoms with Crippen molar-refractivity contribution >= 4 is 13.7 Å². The molecule has 0 bridgehead atoms. The molecule has 1 amide bonds. The van der Waals surface area contributed by atoms with Gasteiger partial charge in [-0.15, -0.1) is 0 Å². The van der Waals surface area contributed by atoms with Crippen molar-refractivity contribution in [2.45, 2.75) is 37.3 Å². The molecule has 0 radical (unpaired) electrons. The van der Waals surface area contributed by atoms with Crippen LogP contribution in [0.5, 0.6) is 0 Å². The number of nitrogens with zero attached hydrogens (tertiary/aromatic N) is 2. The maximum Gasteiger partial charge on any atom is 0.432 e. The molecule has 1 aliphatic heterocycles. The Labute approximate surface area is 168 Å². The number of aromatic nitrogens is 4. The summed E-state index contributed by atoms with van der Waals surface area (Å²) in [4.78, 5) is 53.4. The van der Waals surface area contributed by atoms with Gasteiger partial charge in [-0.1, -0.05) is 0 Å². The molecule has 14 nitrogen and oxygen atoms in total. The molecule has 0 aliphatic carbocycles. The summed E-state index contributed by atoms with van der Waals surface area (Å²) in [5.41, 5.74) is 4.95. The molecule has 15 heteroatoms. The number of amides is 1. The predicted molar refractivity (Wildman–Crippen MR) is 100 cm³/mol. The Hall–Kier alpha value is -2.61. The Morgan fingerprint density at radius 3 is 2.97 bits per heavy atom. The lowest BCUT2D eigenvalue weighted by molar-refractivity contribution is -0.121. The lowest BCUT2D eigenvalue weighted by Gasteiger charge is -2.19. The minimum absolute atomic E-state index is 0.0167. The first-order chi connectivity index (χ1) is 14.1. The average molecular weight is 444 g/mol. The van der Waals surface area contributed by atoms with Gasteiger partial charge in [-0.3, -0.25) is 28.8 Å². The Morgan fingerprint density at radius 1 is 1.53 bits per heavy atom. The highest BCUT2D eigenvalue weighted by molar-refractivity contribution is 7.51. The minimum Gasteiger partial charge on any atom is -0.390 e. The monoisotopic (exact) mass is 444 g/mol. The van der Waals surface area contributed by atoms with E-state index < -0.39 is 56.0 Å². The third-order valence-electron chi connectivity index (χ3n) is 4.36. The van der Waals surface area contributed by atoms with Crippen molar-refractivity contribution in [3.63, 3.8) is 0 Å². The molecule has 0 aromatic carbocycles. The van der Waals surface area contributed by atoms with Crippen LogP contribution < -0.4 is 22.1 Å². The lowest BCUT2D eigenvalue weighted by Crippen LogP contribution is -2.41. The summed E-state index contributed by atoms with van der Waals surface area (Å²) in [5, 5.41) is 11.9. The molecular weight excluding hydrogens is 423 g/mol. The van der Waals surface area contributed by atoms with Crippen LogP contribution in [0.2, 0.25) is 0 Å². The van der Waals surface area contributed by atoms with E-state index in [0.717, 1.165) is 10.6 Å². The van der Waals surface area contributed by atoms with Gasteiger partial charge in [0.2, 0.25) is 5.91 Å². The zero-order valence-corrected chi connectivity index (χ0v) is 16.4. The number of nitrogens with one attached hydrogen (secondary N) is 3. The summed E-state index contributed by atoms with van der Waals surface area (Å²) in [5.74, 6) is -0.916. The molecule has 164 valence electrons. The van der Waals surface area contributed by atoms with Crippen LogP contribution in [0.15, 0.2) is 34.4 Å². The van der Waals surface area contributed by atoms with Crippen LogP contribution in [0, 0.1) is 0 Å². The van der Waals surface area contributed by atoms with Gasteiger partial charge in [0, 0.05) is 37.0 Å². The fraction of sp³-hybridized carbons (Fsp3) is 0.467. The van der Waals surface area contributed by atoms with Crippen LogP contribution in [0.25, 0.3) is 0 Å². The van der Waals surface area contributed by atoms with Crippen LogP contribution >= 0.6 is 7.75 Å². The molecule has 2 aromatic rings. The number of imidazole rings is 1. The largest absolute Gasteiger partial charge is 0.432 e.